The maximum absolute atomic E-state index is 11.7. The van der Waals surface area contributed by atoms with Crippen molar-refractivity contribution >= 4 is 26.7 Å². The Morgan fingerprint density at radius 2 is 0.850 bits per heavy atom. The zero-order valence-electron chi connectivity index (χ0n) is 13.2. The van der Waals surface area contributed by atoms with Gasteiger partial charge in [0.2, 0.25) is 0 Å². The maximum atomic E-state index is 11.7. The number of hydrogen-bond donors (Lipinski definition) is 0. The third kappa shape index (κ3) is 6.18. The van der Waals surface area contributed by atoms with Crippen LogP contribution in [0.5, 0.6) is 0 Å². The van der Waals surface area contributed by atoms with E-state index in [1.165, 1.54) is 6.55 Å². The van der Waals surface area contributed by atoms with Gasteiger partial charge in [-0.3, -0.25) is 14.4 Å². The highest BCUT2D eigenvalue weighted by Gasteiger charge is 2.48. The van der Waals surface area contributed by atoms with E-state index in [9.17, 15) is 14.4 Å². The van der Waals surface area contributed by atoms with E-state index >= 15 is 0 Å². The molecule has 116 valence electrons. The molecule has 6 nitrogen and oxygen atoms in total. The zero-order valence-corrected chi connectivity index (χ0v) is 14.2. The molecule has 0 bridgehead atoms. The first-order valence-electron chi connectivity index (χ1n) is 6.67. The van der Waals surface area contributed by atoms with Crippen LogP contribution in [0.4, 0.5) is 0 Å². The Morgan fingerprint density at radius 1 is 0.650 bits per heavy atom. The van der Waals surface area contributed by atoms with Gasteiger partial charge in [-0.05, 0) is 0 Å². The molecule has 0 N–H and O–H groups in total. The topological polar surface area (TPSA) is 78.9 Å². The molecule has 0 spiro atoms. The Balaban J connectivity index is 5.06. The molecule has 0 atom stereocenters. The normalized spacial score (nSPS) is 11.7. The molecule has 0 amide bonds. The lowest BCUT2D eigenvalue weighted by Gasteiger charge is -2.26. The third-order valence-electron chi connectivity index (χ3n) is 2.27. The largest absolute Gasteiger partial charge is 0.701 e. The van der Waals surface area contributed by atoms with Gasteiger partial charge in [0.25, 0.3) is 17.9 Å². The summed E-state index contributed by atoms with van der Waals surface area (Å²) in [5.41, 5.74) is 0. The van der Waals surface area contributed by atoms with Crippen molar-refractivity contribution in [2.24, 2.45) is 17.8 Å². The van der Waals surface area contributed by atoms with E-state index in [1.807, 2.05) is 0 Å². The predicted octanol–water partition coefficient (Wildman–Crippen LogP) is 2.15. The molecule has 0 aliphatic heterocycles. The Hall–Kier alpha value is -1.37. The second kappa shape index (κ2) is 7.42. The molecule has 0 fully saturated rings. The summed E-state index contributed by atoms with van der Waals surface area (Å²) in [6.45, 7) is 11.2. The lowest BCUT2D eigenvalue weighted by atomic mass is 10.2. The van der Waals surface area contributed by atoms with Gasteiger partial charge in [-0.1, -0.05) is 41.5 Å². The minimum absolute atomic E-state index is 0.405. The summed E-state index contributed by atoms with van der Waals surface area (Å²) >= 11 is 0. The van der Waals surface area contributed by atoms with Crippen molar-refractivity contribution in [3.63, 3.8) is 0 Å². The lowest BCUT2D eigenvalue weighted by molar-refractivity contribution is -0.154. The summed E-state index contributed by atoms with van der Waals surface area (Å²) in [4.78, 5) is 35.1. The molecule has 0 unspecified atom stereocenters. The van der Waals surface area contributed by atoms with E-state index in [0.29, 0.717) is 0 Å². The Morgan fingerprint density at radius 3 is 1.00 bits per heavy atom. The molecular weight excluding hydrogens is 280 g/mol. The average Bonchev–Trinajstić information content (AvgIpc) is 2.27. The molecule has 0 aromatic carbocycles. The number of carbonyl (C=O) groups excluding carboxylic acids is 3. The van der Waals surface area contributed by atoms with E-state index in [2.05, 4.69) is 0 Å². The molecule has 0 rings (SSSR count). The second-order valence-corrected chi connectivity index (χ2v) is 7.93. The fourth-order valence-electron chi connectivity index (χ4n) is 0.964. The van der Waals surface area contributed by atoms with Crippen LogP contribution >= 0.6 is 0 Å². The fourth-order valence-corrected chi connectivity index (χ4v) is 2.89. The van der Waals surface area contributed by atoms with Crippen LogP contribution in [0.25, 0.3) is 0 Å². The highest BCUT2D eigenvalue weighted by atomic mass is 28.4. The van der Waals surface area contributed by atoms with Gasteiger partial charge in [-0.2, -0.15) is 0 Å². The molecule has 0 aromatic heterocycles. The summed E-state index contributed by atoms with van der Waals surface area (Å²) < 4.78 is 15.5. The van der Waals surface area contributed by atoms with Gasteiger partial charge in [0.1, 0.15) is 0 Å². The monoisotopic (exact) mass is 304 g/mol. The molecule has 0 saturated heterocycles. The van der Waals surface area contributed by atoms with Crippen LogP contribution in [-0.2, 0) is 27.7 Å². The second-order valence-electron chi connectivity index (χ2n) is 5.59. The van der Waals surface area contributed by atoms with Gasteiger partial charge in [-0.25, -0.2) is 0 Å². The van der Waals surface area contributed by atoms with E-state index in [0.717, 1.165) is 0 Å². The minimum atomic E-state index is -3.68. The first kappa shape index (κ1) is 18.6. The molecule has 7 heteroatoms. The van der Waals surface area contributed by atoms with Crippen molar-refractivity contribution < 1.29 is 27.7 Å². The van der Waals surface area contributed by atoms with E-state index in [4.69, 9.17) is 13.3 Å². The summed E-state index contributed by atoms with van der Waals surface area (Å²) in [5, 5.41) is 0. The highest BCUT2D eigenvalue weighted by molar-refractivity contribution is 6.64. The van der Waals surface area contributed by atoms with Crippen molar-refractivity contribution in [1.29, 1.82) is 0 Å². The van der Waals surface area contributed by atoms with E-state index in [-0.39, 0.29) is 0 Å². The third-order valence-corrected chi connectivity index (χ3v) is 3.99. The fraction of sp³-hybridized carbons (Fsp3) is 0.769. The van der Waals surface area contributed by atoms with Crippen LogP contribution in [0, 0.1) is 17.8 Å². The SMILES string of the molecule is CC(C)C(=O)O[Si](C)(OC(=O)C(C)C)OC(=O)C(C)C. The molecule has 0 saturated carbocycles. The first-order chi connectivity index (χ1) is 8.98. The molecule has 0 radical (unpaired) electrons. The Labute approximate surface area is 121 Å². The average molecular weight is 304 g/mol. The molecule has 0 aliphatic carbocycles. The number of carbonyl (C=O) groups is 3. The molecular formula is C13H24O6Si. The smallest absolute Gasteiger partial charge is 0.455 e. The quantitative estimate of drug-likeness (QED) is 0.700. The van der Waals surface area contributed by atoms with Crippen molar-refractivity contribution in [3.05, 3.63) is 0 Å². The summed E-state index contributed by atoms with van der Waals surface area (Å²) in [7, 11) is -3.68. The summed E-state index contributed by atoms with van der Waals surface area (Å²) in [5.74, 6) is -2.90. The van der Waals surface area contributed by atoms with Gasteiger partial charge in [-0.15, -0.1) is 0 Å². The maximum Gasteiger partial charge on any atom is 0.701 e. The summed E-state index contributed by atoms with van der Waals surface area (Å²) in [6.07, 6.45) is 0. The molecule has 0 aromatic rings. The summed E-state index contributed by atoms with van der Waals surface area (Å²) in [6, 6.07) is 0. The number of hydrogen-bond acceptors (Lipinski definition) is 6. The van der Waals surface area contributed by atoms with Gasteiger partial charge in [0.15, 0.2) is 0 Å². The Kier molecular flexibility index (Phi) is 6.91. The molecule has 0 aliphatic rings. The van der Waals surface area contributed by atoms with Crippen LogP contribution in [0.15, 0.2) is 0 Å². The predicted molar refractivity (Wildman–Crippen MR) is 74.4 cm³/mol. The lowest BCUT2D eigenvalue weighted by Crippen LogP contribution is -2.49. The van der Waals surface area contributed by atoms with Gasteiger partial charge in [0, 0.05) is 6.55 Å². The van der Waals surface area contributed by atoms with Crippen LogP contribution in [0.2, 0.25) is 6.55 Å². The van der Waals surface area contributed by atoms with Gasteiger partial charge < -0.3 is 13.3 Å². The van der Waals surface area contributed by atoms with E-state index < -0.39 is 44.5 Å². The molecule has 0 heterocycles. The van der Waals surface area contributed by atoms with Gasteiger partial charge >= 0.3 is 8.80 Å². The molecule has 20 heavy (non-hydrogen) atoms. The van der Waals surface area contributed by atoms with Crippen LogP contribution < -0.4 is 0 Å². The minimum Gasteiger partial charge on any atom is -0.455 e. The van der Waals surface area contributed by atoms with Crippen molar-refractivity contribution in [2.45, 2.75) is 48.1 Å². The van der Waals surface area contributed by atoms with Crippen molar-refractivity contribution in [3.8, 4) is 0 Å². The zero-order chi connectivity index (χ0) is 16.1. The van der Waals surface area contributed by atoms with Gasteiger partial charge in [0.05, 0.1) is 17.8 Å². The van der Waals surface area contributed by atoms with Crippen LogP contribution in [-0.4, -0.2) is 26.7 Å². The Bertz CT molecular complexity index is 320. The van der Waals surface area contributed by atoms with Crippen LogP contribution in [0.1, 0.15) is 41.5 Å². The standard InChI is InChI=1S/C13H24O6Si/c1-8(2)11(14)17-20(7,18-12(15)9(3)4)19-13(16)10(5)6/h8-10H,1-7H3. The number of rotatable bonds is 6. The first-order valence-corrected chi connectivity index (χ1v) is 8.89. The highest BCUT2D eigenvalue weighted by Crippen LogP contribution is 2.17. The van der Waals surface area contributed by atoms with Crippen molar-refractivity contribution in [2.75, 3.05) is 0 Å². The van der Waals surface area contributed by atoms with Crippen LogP contribution in [0.3, 0.4) is 0 Å². The van der Waals surface area contributed by atoms with Crippen molar-refractivity contribution in [1.82, 2.24) is 0 Å². The van der Waals surface area contributed by atoms with E-state index in [1.54, 1.807) is 41.5 Å².